The van der Waals surface area contributed by atoms with Gasteiger partial charge in [0.05, 0.1) is 40.4 Å². The molecule has 2 N–H and O–H groups in total. The van der Waals surface area contributed by atoms with E-state index in [1.165, 1.54) is 24.0 Å². The number of nitrogens with one attached hydrogen (secondary N) is 2. The van der Waals surface area contributed by atoms with Crippen LogP contribution in [-0.2, 0) is 4.79 Å². The molecule has 0 aliphatic carbocycles. The van der Waals surface area contributed by atoms with Crippen molar-refractivity contribution < 1.29 is 28.5 Å². The molecule has 0 atom stereocenters. The number of rotatable bonds is 11. The molecular formula is C21H31N4O5+. The van der Waals surface area contributed by atoms with E-state index in [0.29, 0.717) is 35.2 Å². The molecular weight excluding hydrogens is 388 g/mol. The van der Waals surface area contributed by atoms with Crippen molar-refractivity contribution in [3.63, 3.8) is 0 Å². The summed E-state index contributed by atoms with van der Waals surface area (Å²) in [7, 11) is 3.05. The number of anilines is 1. The second kappa shape index (κ2) is 11.2. The Morgan fingerprint density at radius 3 is 2.23 bits per heavy atom. The smallest absolute Gasteiger partial charge is 0.254 e. The zero-order valence-electron chi connectivity index (χ0n) is 18.3. The number of quaternary nitrogens is 1. The topological polar surface area (TPSA) is 98.3 Å². The molecule has 0 unspecified atom stereocenters. The maximum Gasteiger partial charge on any atom is 0.254 e. The molecule has 0 aliphatic rings. The van der Waals surface area contributed by atoms with E-state index in [1.54, 1.807) is 31.2 Å². The molecule has 2 aromatic rings. The van der Waals surface area contributed by atoms with Gasteiger partial charge in [0.1, 0.15) is 23.8 Å². The first-order valence-corrected chi connectivity index (χ1v) is 9.99. The van der Waals surface area contributed by atoms with Gasteiger partial charge in [-0.05, 0) is 32.9 Å². The molecule has 30 heavy (non-hydrogen) atoms. The summed E-state index contributed by atoms with van der Waals surface area (Å²) < 4.78 is 15.5. The highest BCUT2D eigenvalue weighted by molar-refractivity contribution is 5.99. The van der Waals surface area contributed by atoms with Gasteiger partial charge in [-0.1, -0.05) is 5.16 Å². The van der Waals surface area contributed by atoms with Gasteiger partial charge in [0.25, 0.3) is 5.91 Å². The van der Waals surface area contributed by atoms with E-state index >= 15 is 0 Å². The minimum atomic E-state index is -0.346. The van der Waals surface area contributed by atoms with E-state index in [4.69, 9.17) is 14.0 Å². The van der Waals surface area contributed by atoms with E-state index in [0.717, 1.165) is 19.6 Å². The highest BCUT2D eigenvalue weighted by atomic mass is 16.5. The van der Waals surface area contributed by atoms with Gasteiger partial charge in [0.2, 0.25) is 5.91 Å². The van der Waals surface area contributed by atoms with Crippen LogP contribution in [0.3, 0.4) is 0 Å². The number of methoxy groups -OCH3 is 2. The van der Waals surface area contributed by atoms with Crippen molar-refractivity contribution in [3.8, 4) is 11.5 Å². The SMILES string of the molecule is CC[NH+](CC)CCN(CC(=O)Nc1cc(C)on1)C(=O)c1cc(OC)cc(OC)c1. The highest BCUT2D eigenvalue weighted by Gasteiger charge is 2.22. The van der Waals surface area contributed by atoms with Gasteiger partial charge in [-0.3, -0.25) is 9.59 Å². The number of nitrogens with zero attached hydrogens (tertiary/aromatic N) is 2. The van der Waals surface area contributed by atoms with Crippen LogP contribution in [0.15, 0.2) is 28.8 Å². The Labute approximate surface area is 176 Å². The number of likely N-dealkylation sites (N-methyl/N-ethyl adjacent to an activating group) is 1. The van der Waals surface area contributed by atoms with Crippen LogP contribution in [0.1, 0.15) is 30.0 Å². The fourth-order valence-electron chi connectivity index (χ4n) is 3.04. The Morgan fingerprint density at radius 1 is 1.10 bits per heavy atom. The van der Waals surface area contributed by atoms with E-state index in [-0.39, 0.29) is 18.4 Å². The Balaban J connectivity index is 2.20. The van der Waals surface area contributed by atoms with Crippen molar-refractivity contribution in [1.82, 2.24) is 10.1 Å². The Kier molecular flexibility index (Phi) is 8.67. The second-order valence-electron chi connectivity index (χ2n) is 6.91. The maximum atomic E-state index is 13.3. The highest BCUT2D eigenvalue weighted by Crippen LogP contribution is 2.23. The minimum Gasteiger partial charge on any atom is -0.497 e. The van der Waals surface area contributed by atoms with Crippen molar-refractivity contribution in [3.05, 3.63) is 35.6 Å². The molecule has 2 amide bonds. The first kappa shape index (κ1) is 23.2. The largest absolute Gasteiger partial charge is 0.497 e. The number of hydrogen-bond donors (Lipinski definition) is 2. The minimum absolute atomic E-state index is 0.106. The average molecular weight is 420 g/mol. The summed E-state index contributed by atoms with van der Waals surface area (Å²) in [6.45, 7) is 8.87. The quantitative estimate of drug-likeness (QED) is 0.564. The molecule has 1 heterocycles. The summed E-state index contributed by atoms with van der Waals surface area (Å²) in [6, 6.07) is 6.60. The monoisotopic (exact) mass is 419 g/mol. The van der Waals surface area contributed by atoms with Gasteiger partial charge >= 0.3 is 0 Å². The Morgan fingerprint density at radius 2 is 1.73 bits per heavy atom. The maximum absolute atomic E-state index is 13.3. The first-order chi connectivity index (χ1) is 14.4. The molecule has 1 aromatic heterocycles. The fourth-order valence-corrected chi connectivity index (χ4v) is 3.04. The molecule has 1 aromatic carbocycles. The van der Waals surface area contributed by atoms with Crippen LogP contribution in [0.2, 0.25) is 0 Å². The molecule has 0 bridgehead atoms. The van der Waals surface area contributed by atoms with Crippen LogP contribution < -0.4 is 19.7 Å². The molecule has 0 saturated carbocycles. The summed E-state index contributed by atoms with van der Waals surface area (Å²) in [5, 5.41) is 6.43. The molecule has 0 radical (unpaired) electrons. The van der Waals surface area contributed by atoms with Crippen LogP contribution in [0, 0.1) is 6.92 Å². The number of hydrogen-bond acceptors (Lipinski definition) is 6. The zero-order chi connectivity index (χ0) is 22.1. The van der Waals surface area contributed by atoms with Crippen molar-refractivity contribution in [2.75, 3.05) is 52.3 Å². The van der Waals surface area contributed by atoms with Crippen molar-refractivity contribution in [2.24, 2.45) is 0 Å². The molecule has 2 rings (SSSR count). The van der Waals surface area contributed by atoms with Crippen LogP contribution in [0.25, 0.3) is 0 Å². The third-order valence-electron chi connectivity index (χ3n) is 4.85. The molecule has 0 saturated heterocycles. The lowest BCUT2D eigenvalue weighted by Crippen LogP contribution is -3.12. The standard InChI is InChI=1S/C21H30N4O5/c1-6-24(7-2)8-9-25(14-20(26)22-19-10-15(3)30-23-19)21(27)16-11-17(28-4)13-18(12-16)29-5/h10-13H,6-9,14H2,1-5H3,(H,22,23,26)/p+1. The zero-order valence-corrected chi connectivity index (χ0v) is 18.3. The predicted octanol–water partition coefficient (Wildman–Crippen LogP) is 1.01. The van der Waals surface area contributed by atoms with Gasteiger partial charge in [-0.25, -0.2) is 0 Å². The number of aryl methyl sites for hydroxylation is 1. The van der Waals surface area contributed by atoms with Crippen molar-refractivity contribution in [1.29, 1.82) is 0 Å². The van der Waals surface area contributed by atoms with E-state index in [1.807, 2.05) is 0 Å². The number of ether oxygens (including phenoxy) is 2. The Hall–Kier alpha value is -3.07. The number of carbonyl (C=O) groups excluding carboxylic acids is 2. The molecule has 0 aliphatic heterocycles. The van der Waals surface area contributed by atoms with Crippen LogP contribution >= 0.6 is 0 Å². The molecule has 9 nitrogen and oxygen atoms in total. The summed E-state index contributed by atoms with van der Waals surface area (Å²) in [5.74, 6) is 1.31. The van der Waals surface area contributed by atoms with Crippen molar-refractivity contribution >= 4 is 17.6 Å². The van der Waals surface area contributed by atoms with Crippen molar-refractivity contribution in [2.45, 2.75) is 20.8 Å². The number of carbonyl (C=O) groups is 2. The average Bonchev–Trinajstić information content (AvgIpc) is 3.16. The Bertz CT molecular complexity index is 825. The lowest BCUT2D eigenvalue weighted by molar-refractivity contribution is -0.895. The predicted molar refractivity (Wildman–Crippen MR) is 112 cm³/mol. The summed E-state index contributed by atoms with van der Waals surface area (Å²) in [6.07, 6.45) is 0. The molecule has 0 fully saturated rings. The van der Waals surface area contributed by atoms with Gasteiger partial charge in [0, 0.05) is 17.7 Å². The molecule has 164 valence electrons. The lowest BCUT2D eigenvalue weighted by Gasteiger charge is -2.25. The van der Waals surface area contributed by atoms with Gasteiger partial charge in [0.15, 0.2) is 5.82 Å². The van der Waals surface area contributed by atoms with Gasteiger partial charge in [-0.2, -0.15) is 0 Å². The number of amides is 2. The van der Waals surface area contributed by atoms with E-state index < -0.39 is 0 Å². The fraction of sp³-hybridized carbons (Fsp3) is 0.476. The van der Waals surface area contributed by atoms with Gasteiger partial charge in [-0.15, -0.1) is 0 Å². The van der Waals surface area contributed by atoms with Crippen LogP contribution in [-0.4, -0.2) is 68.8 Å². The molecule has 9 heteroatoms. The van der Waals surface area contributed by atoms with Crippen LogP contribution in [0.4, 0.5) is 5.82 Å². The number of benzene rings is 1. The third kappa shape index (κ3) is 6.48. The normalized spacial score (nSPS) is 10.7. The summed E-state index contributed by atoms with van der Waals surface area (Å²) in [5.41, 5.74) is 0.394. The van der Waals surface area contributed by atoms with E-state index in [9.17, 15) is 9.59 Å². The first-order valence-electron chi connectivity index (χ1n) is 9.99. The third-order valence-corrected chi connectivity index (χ3v) is 4.85. The van der Waals surface area contributed by atoms with Gasteiger partial charge < -0.3 is 29.1 Å². The van der Waals surface area contributed by atoms with E-state index in [2.05, 4.69) is 24.3 Å². The summed E-state index contributed by atoms with van der Waals surface area (Å²) >= 11 is 0. The summed E-state index contributed by atoms with van der Waals surface area (Å²) in [4.78, 5) is 28.7. The van der Waals surface area contributed by atoms with Crippen LogP contribution in [0.5, 0.6) is 11.5 Å². The number of aromatic nitrogens is 1. The lowest BCUT2D eigenvalue weighted by atomic mass is 10.1. The second-order valence-corrected chi connectivity index (χ2v) is 6.91. The molecule has 0 spiro atoms.